The molecule has 0 unspecified atom stereocenters. The lowest BCUT2D eigenvalue weighted by Crippen LogP contribution is -2.51. The van der Waals surface area contributed by atoms with Crippen molar-refractivity contribution in [3.8, 4) is 0 Å². The lowest BCUT2D eigenvalue weighted by atomic mass is 10.1. The van der Waals surface area contributed by atoms with Crippen LogP contribution in [0.25, 0.3) is 0 Å². The first kappa shape index (κ1) is 19.7. The molecule has 6 nitrogen and oxygen atoms in total. The zero-order chi connectivity index (χ0) is 17.8. The maximum Gasteiger partial charge on any atom is 0.410 e. The molecule has 1 rings (SSSR count). The Kier molecular flexibility index (Phi) is 6.45. The SMILES string of the molecule is CN(C(=O)CCN1CCN(C(=O)OC(C)(C)C)CC1)C(C)(C)C. The van der Waals surface area contributed by atoms with Crippen molar-refractivity contribution in [1.29, 1.82) is 0 Å². The average Bonchev–Trinajstić information content (AvgIpc) is 2.41. The lowest BCUT2D eigenvalue weighted by Gasteiger charge is -2.36. The smallest absolute Gasteiger partial charge is 0.410 e. The van der Waals surface area contributed by atoms with Gasteiger partial charge in [0, 0.05) is 51.7 Å². The lowest BCUT2D eigenvalue weighted by molar-refractivity contribution is -0.134. The fourth-order valence-corrected chi connectivity index (χ4v) is 2.28. The van der Waals surface area contributed by atoms with Gasteiger partial charge in [-0.15, -0.1) is 0 Å². The van der Waals surface area contributed by atoms with Gasteiger partial charge >= 0.3 is 6.09 Å². The van der Waals surface area contributed by atoms with E-state index in [0.717, 1.165) is 19.6 Å². The molecule has 2 amide bonds. The van der Waals surface area contributed by atoms with Gasteiger partial charge in [-0.05, 0) is 41.5 Å². The van der Waals surface area contributed by atoms with E-state index in [-0.39, 0.29) is 17.5 Å². The van der Waals surface area contributed by atoms with E-state index in [1.807, 2.05) is 48.6 Å². The Balaban J connectivity index is 2.35. The molecule has 134 valence electrons. The minimum Gasteiger partial charge on any atom is -0.444 e. The average molecular weight is 327 g/mol. The number of hydrogen-bond donors (Lipinski definition) is 0. The van der Waals surface area contributed by atoms with Crippen LogP contribution in [0.15, 0.2) is 0 Å². The Morgan fingerprint density at radius 1 is 1.00 bits per heavy atom. The first-order valence-corrected chi connectivity index (χ1v) is 8.37. The van der Waals surface area contributed by atoms with Gasteiger partial charge in [0.25, 0.3) is 0 Å². The van der Waals surface area contributed by atoms with E-state index >= 15 is 0 Å². The first-order chi connectivity index (χ1) is 10.4. The first-order valence-electron chi connectivity index (χ1n) is 8.37. The van der Waals surface area contributed by atoms with Gasteiger partial charge in [0.1, 0.15) is 5.60 Å². The van der Waals surface area contributed by atoms with Crippen LogP contribution in [0.3, 0.4) is 0 Å². The Morgan fingerprint density at radius 3 is 1.96 bits per heavy atom. The van der Waals surface area contributed by atoms with E-state index in [1.165, 1.54) is 0 Å². The van der Waals surface area contributed by atoms with E-state index < -0.39 is 5.60 Å². The summed E-state index contributed by atoms with van der Waals surface area (Å²) < 4.78 is 5.39. The van der Waals surface area contributed by atoms with Crippen molar-refractivity contribution < 1.29 is 14.3 Å². The predicted molar refractivity (Wildman–Crippen MR) is 91.4 cm³/mol. The molecule has 1 fully saturated rings. The summed E-state index contributed by atoms with van der Waals surface area (Å²) in [4.78, 5) is 30.0. The molecule has 0 aliphatic carbocycles. The highest BCUT2D eigenvalue weighted by Gasteiger charge is 2.27. The fourth-order valence-electron chi connectivity index (χ4n) is 2.28. The number of carbonyl (C=O) groups is 2. The summed E-state index contributed by atoms with van der Waals surface area (Å²) in [7, 11) is 1.85. The molecule has 0 bridgehead atoms. The molecule has 0 aromatic carbocycles. The van der Waals surface area contributed by atoms with Crippen LogP contribution < -0.4 is 0 Å². The highest BCUT2D eigenvalue weighted by molar-refractivity contribution is 5.76. The summed E-state index contributed by atoms with van der Waals surface area (Å²) in [5, 5.41) is 0. The third-order valence-corrected chi connectivity index (χ3v) is 4.05. The van der Waals surface area contributed by atoms with Crippen molar-refractivity contribution >= 4 is 12.0 Å². The number of rotatable bonds is 3. The summed E-state index contributed by atoms with van der Waals surface area (Å²) in [5.41, 5.74) is -0.606. The second-order valence-corrected chi connectivity index (χ2v) is 8.18. The molecular weight excluding hydrogens is 294 g/mol. The van der Waals surface area contributed by atoms with Gasteiger partial charge in [-0.3, -0.25) is 9.69 Å². The zero-order valence-corrected chi connectivity index (χ0v) is 15.8. The molecular formula is C17H33N3O3. The van der Waals surface area contributed by atoms with E-state index in [4.69, 9.17) is 4.74 Å². The van der Waals surface area contributed by atoms with Gasteiger partial charge in [-0.2, -0.15) is 0 Å². The standard InChI is InChI=1S/C17H33N3O3/c1-16(2,3)18(7)14(21)8-9-19-10-12-20(13-11-19)15(22)23-17(4,5)6/h8-13H2,1-7H3. The molecule has 1 aliphatic rings. The molecule has 1 heterocycles. The van der Waals surface area contributed by atoms with Gasteiger partial charge in [-0.1, -0.05) is 0 Å². The topological polar surface area (TPSA) is 53.1 Å². The third kappa shape index (κ3) is 6.77. The van der Waals surface area contributed by atoms with E-state index in [9.17, 15) is 9.59 Å². The molecule has 1 saturated heterocycles. The summed E-state index contributed by atoms with van der Waals surface area (Å²) in [6, 6.07) is 0. The van der Waals surface area contributed by atoms with E-state index in [2.05, 4.69) is 4.90 Å². The molecule has 0 N–H and O–H groups in total. The molecule has 1 aliphatic heterocycles. The van der Waals surface area contributed by atoms with Crippen LogP contribution in [0.5, 0.6) is 0 Å². The molecule has 6 heteroatoms. The highest BCUT2D eigenvalue weighted by atomic mass is 16.6. The Morgan fingerprint density at radius 2 is 1.52 bits per heavy atom. The number of ether oxygens (including phenoxy) is 1. The second kappa shape index (κ2) is 7.51. The number of hydrogen-bond acceptors (Lipinski definition) is 4. The van der Waals surface area contributed by atoms with Gasteiger partial charge < -0.3 is 14.5 Å². The van der Waals surface area contributed by atoms with Crippen LogP contribution in [0, 0.1) is 0 Å². The number of amides is 2. The quantitative estimate of drug-likeness (QED) is 0.797. The van der Waals surface area contributed by atoms with Crippen molar-refractivity contribution in [2.45, 2.75) is 59.1 Å². The minimum absolute atomic E-state index is 0.146. The Hall–Kier alpha value is -1.30. The molecule has 0 spiro atoms. The summed E-state index contributed by atoms with van der Waals surface area (Å²) in [5.74, 6) is 0.159. The predicted octanol–water partition coefficient (Wildman–Crippen LogP) is 2.19. The normalized spacial score (nSPS) is 17.1. The highest BCUT2D eigenvalue weighted by Crippen LogP contribution is 2.14. The summed E-state index contributed by atoms with van der Waals surface area (Å²) >= 11 is 0. The maximum atomic E-state index is 12.2. The Labute approximate surface area is 140 Å². The summed E-state index contributed by atoms with van der Waals surface area (Å²) in [6.45, 7) is 15.3. The minimum atomic E-state index is -0.460. The second-order valence-electron chi connectivity index (χ2n) is 8.18. The van der Waals surface area contributed by atoms with Crippen molar-refractivity contribution in [3.05, 3.63) is 0 Å². The van der Waals surface area contributed by atoms with Gasteiger partial charge in [0.2, 0.25) is 5.91 Å². The number of carbonyl (C=O) groups excluding carboxylic acids is 2. The van der Waals surface area contributed by atoms with Crippen LogP contribution in [0.1, 0.15) is 48.0 Å². The van der Waals surface area contributed by atoms with Crippen molar-refractivity contribution in [2.24, 2.45) is 0 Å². The molecule has 0 atom stereocenters. The Bertz CT molecular complexity index is 416. The molecule has 0 radical (unpaired) electrons. The maximum absolute atomic E-state index is 12.2. The largest absolute Gasteiger partial charge is 0.444 e. The molecule has 0 aromatic heterocycles. The molecule has 0 saturated carbocycles. The van der Waals surface area contributed by atoms with Gasteiger partial charge in [0.05, 0.1) is 0 Å². The van der Waals surface area contributed by atoms with Crippen LogP contribution in [0.2, 0.25) is 0 Å². The van der Waals surface area contributed by atoms with Gasteiger partial charge in [-0.25, -0.2) is 4.79 Å². The van der Waals surface area contributed by atoms with Crippen molar-refractivity contribution in [3.63, 3.8) is 0 Å². The number of piperazine rings is 1. The fraction of sp³-hybridized carbons (Fsp3) is 0.882. The van der Waals surface area contributed by atoms with Crippen LogP contribution in [-0.2, 0) is 9.53 Å². The third-order valence-electron chi connectivity index (χ3n) is 4.05. The van der Waals surface area contributed by atoms with Crippen LogP contribution >= 0.6 is 0 Å². The van der Waals surface area contributed by atoms with E-state index in [0.29, 0.717) is 19.5 Å². The zero-order valence-electron chi connectivity index (χ0n) is 15.8. The van der Waals surface area contributed by atoms with Crippen molar-refractivity contribution in [2.75, 3.05) is 39.8 Å². The number of nitrogens with zero attached hydrogens (tertiary/aromatic N) is 3. The van der Waals surface area contributed by atoms with Crippen LogP contribution in [0.4, 0.5) is 4.79 Å². The van der Waals surface area contributed by atoms with Crippen LogP contribution in [-0.4, -0.2) is 77.6 Å². The van der Waals surface area contributed by atoms with Crippen molar-refractivity contribution in [1.82, 2.24) is 14.7 Å². The summed E-state index contributed by atoms with van der Waals surface area (Å²) in [6.07, 6.45) is 0.265. The van der Waals surface area contributed by atoms with Gasteiger partial charge in [0.15, 0.2) is 0 Å². The monoisotopic (exact) mass is 327 g/mol. The molecule has 0 aromatic rings. The molecule has 23 heavy (non-hydrogen) atoms. The van der Waals surface area contributed by atoms with E-state index in [1.54, 1.807) is 9.80 Å².